The summed E-state index contributed by atoms with van der Waals surface area (Å²) >= 11 is 5.76. The van der Waals surface area contributed by atoms with Gasteiger partial charge in [0.1, 0.15) is 0 Å². The topological polar surface area (TPSA) is 26.3 Å². The van der Waals surface area contributed by atoms with Crippen LogP contribution in [0.3, 0.4) is 0 Å². The van der Waals surface area contributed by atoms with Crippen LogP contribution in [0.5, 0.6) is 0 Å². The summed E-state index contributed by atoms with van der Waals surface area (Å²) in [6.45, 7) is 3.95. The van der Waals surface area contributed by atoms with Crippen LogP contribution in [-0.2, 0) is 4.74 Å². The number of benzene rings is 1. The predicted molar refractivity (Wildman–Crippen MR) is 66.1 cm³/mol. The van der Waals surface area contributed by atoms with E-state index in [1.165, 1.54) is 0 Å². The molecule has 2 nitrogen and oxygen atoms in total. The third-order valence-electron chi connectivity index (χ3n) is 2.67. The zero-order valence-corrected chi connectivity index (χ0v) is 10.7. The fourth-order valence-electron chi connectivity index (χ4n) is 1.30. The van der Waals surface area contributed by atoms with Crippen LogP contribution >= 0.6 is 11.6 Å². The summed E-state index contributed by atoms with van der Waals surface area (Å²) in [6.07, 6.45) is 1.20. The molecule has 0 N–H and O–H groups in total. The quantitative estimate of drug-likeness (QED) is 0.733. The number of methoxy groups -OCH3 is 1. The zero-order valence-electron chi connectivity index (χ0n) is 9.92. The second-order valence-corrected chi connectivity index (χ2v) is 4.83. The normalized spacial score (nSPS) is 11.5. The Kier molecular flexibility index (Phi) is 4.51. The number of hydrogen-bond donors (Lipinski definition) is 0. The molecule has 0 aliphatic heterocycles. The molecule has 0 fully saturated rings. The maximum absolute atomic E-state index is 11.8. The molecule has 0 amide bonds. The fraction of sp³-hybridized carbons (Fsp3) is 0.462. The molecular weight excluding hydrogens is 224 g/mol. The lowest BCUT2D eigenvalue weighted by atomic mass is 9.98. The summed E-state index contributed by atoms with van der Waals surface area (Å²) < 4.78 is 5.27. The monoisotopic (exact) mass is 240 g/mol. The number of rotatable bonds is 5. The molecule has 0 saturated carbocycles. The molecule has 1 aromatic rings. The van der Waals surface area contributed by atoms with Gasteiger partial charge in [-0.3, -0.25) is 4.79 Å². The van der Waals surface area contributed by atoms with Gasteiger partial charge in [0.05, 0.1) is 5.60 Å². The van der Waals surface area contributed by atoms with Gasteiger partial charge in [-0.1, -0.05) is 11.6 Å². The maximum Gasteiger partial charge on any atom is 0.162 e. The molecule has 0 unspecified atom stereocenters. The van der Waals surface area contributed by atoms with Gasteiger partial charge < -0.3 is 4.74 Å². The maximum atomic E-state index is 11.8. The van der Waals surface area contributed by atoms with Crippen LogP contribution < -0.4 is 0 Å². The van der Waals surface area contributed by atoms with Crippen molar-refractivity contribution in [2.24, 2.45) is 0 Å². The molecular formula is C13H17ClO2. The molecule has 0 saturated heterocycles. The summed E-state index contributed by atoms with van der Waals surface area (Å²) in [7, 11) is 1.66. The molecule has 1 rings (SSSR count). The summed E-state index contributed by atoms with van der Waals surface area (Å²) in [5.41, 5.74) is 0.457. The lowest BCUT2D eigenvalue weighted by molar-refractivity contribution is 0.0141. The third kappa shape index (κ3) is 3.95. The van der Waals surface area contributed by atoms with Crippen molar-refractivity contribution in [2.75, 3.05) is 7.11 Å². The molecule has 0 atom stereocenters. The minimum atomic E-state index is -0.248. The van der Waals surface area contributed by atoms with Crippen molar-refractivity contribution in [3.63, 3.8) is 0 Å². The molecule has 0 radical (unpaired) electrons. The van der Waals surface area contributed by atoms with Crippen LogP contribution in [0.4, 0.5) is 0 Å². The minimum absolute atomic E-state index is 0.127. The SMILES string of the molecule is COC(C)(C)CCC(=O)c1ccc(Cl)cc1. The Balaban J connectivity index is 2.56. The number of carbonyl (C=O) groups is 1. The molecule has 88 valence electrons. The first-order chi connectivity index (χ1) is 7.44. The standard InChI is InChI=1S/C13H17ClO2/c1-13(2,16-3)9-8-12(15)10-4-6-11(14)7-5-10/h4-7H,8-9H2,1-3H3. The third-order valence-corrected chi connectivity index (χ3v) is 2.92. The number of hydrogen-bond acceptors (Lipinski definition) is 2. The van der Waals surface area contributed by atoms with Crippen LogP contribution in [0.1, 0.15) is 37.0 Å². The summed E-state index contributed by atoms with van der Waals surface area (Å²) in [5.74, 6) is 0.127. The van der Waals surface area contributed by atoms with Crippen LogP contribution in [-0.4, -0.2) is 18.5 Å². The first-order valence-electron chi connectivity index (χ1n) is 5.28. The average molecular weight is 241 g/mol. The van der Waals surface area contributed by atoms with Gasteiger partial charge in [0.2, 0.25) is 0 Å². The summed E-state index contributed by atoms with van der Waals surface area (Å²) in [5, 5.41) is 0.647. The van der Waals surface area contributed by atoms with Gasteiger partial charge in [0, 0.05) is 24.1 Å². The van der Waals surface area contributed by atoms with E-state index < -0.39 is 0 Å². The van der Waals surface area contributed by atoms with E-state index in [2.05, 4.69) is 0 Å². The van der Waals surface area contributed by atoms with E-state index in [0.717, 1.165) is 0 Å². The molecule has 0 aliphatic carbocycles. The Hall–Kier alpha value is -0.860. The Morgan fingerprint density at radius 2 is 1.88 bits per heavy atom. The van der Waals surface area contributed by atoms with Gasteiger partial charge in [-0.2, -0.15) is 0 Å². The van der Waals surface area contributed by atoms with Crippen molar-refractivity contribution in [3.05, 3.63) is 34.9 Å². The Morgan fingerprint density at radius 1 is 1.31 bits per heavy atom. The Morgan fingerprint density at radius 3 is 2.38 bits per heavy atom. The highest BCUT2D eigenvalue weighted by Crippen LogP contribution is 2.18. The zero-order chi connectivity index (χ0) is 12.2. The first kappa shape index (κ1) is 13.2. The molecule has 3 heteroatoms. The van der Waals surface area contributed by atoms with Crippen molar-refractivity contribution < 1.29 is 9.53 Å². The van der Waals surface area contributed by atoms with Gasteiger partial charge in [-0.15, -0.1) is 0 Å². The van der Waals surface area contributed by atoms with Crippen molar-refractivity contribution in [3.8, 4) is 0 Å². The van der Waals surface area contributed by atoms with E-state index in [1.54, 1.807) is 31.4 Å². The Labute approximate surface area is 102 Å². The van der Waals surface area contributed by atoms with Crippen LogP contribution in [0.2, 0.25) is 5.02 Å². The summed E-state index contributed by atoms with van der Waals surface area (Å²) in [6, 6.07) is 6.97. The van der Waals surface area contributed by atoms with E-state index in [1.807, 2.05) is 13.8 Å². The number of carbonyl (C=O) groups excluding carboxylic acids is 1. The lowest BCUT2D eigenvalue weighted by Crippen LogP contribution is -2.23. The second kappa shape index (κ2) is 5.46. The van der Waals surface area contributed by atoms with Crippen molar-refractivity contribution in [2.45, 2.75) is 32.3 Å². The largest absolute Gasteiger partial charge is 0.379 e. The molecule has 0 bridgehead atoms. The molecule has 0 spiro atoms. The smallest absolute Gasteiger partial charge is 0.162 e. The molecule has 16 heavy (non-hydrogen) atoms. The van der Waals surface area contributed by atoms with Gasteiger partial charge in [0.25, 0.3) is 0 Å². The van der Waals surface area contributed by atoms with E-state index in [9.17, 15) is 4.79 Å². The van der Waals surface area contributed by atoms with Gasteiger partial charge in [-0.25, -0.2) is 0 Å². The minimum Gasteiger partial charge on any atom is -0.379 e. The van der Waals surface area contributed by atoms with Crippen LogP contribution in [0.15, 0.2) is 24.3 Å². The first-order valence-corrected chi connectivity index (χ1v) is 5.66. The van der Waals surface area contributed by atoms with E-state index in [-0.39, 0.29) is 11.4 Å². The summed E-state index contributed by atoms with van der Waals surface area (Å²) in [4.78, 5) is 11.8. The lowest BCUT2D eigenvalue weighted by Gasteiger charge is -2.22. The predicted octanol–water partition coefficient (Wildman–Crippen LogP) is 3.73. The number of halogens is 1. The highest BCUT2D eigenvalue weighted by Gasteiger charge is 2.18. The van der Waals surface area contributed by atoms with Gasteiger partial charge in [-0.05, 0) is 44.5 Å². The van der Waals surface area contributed by atoms with Crippen molar-refractivity contribution in [1.29, 1.82) is 0 Å². The van der Waals surface area contributed by atoms with E-state index in [0.29, 0.717) is 23.4 Å². The fourth-order valence-corrected chi connectivity index (χ4v) is 1.42. The average Bonchev–Trinajstić information content (AvgIpc) is 2.27. The van der Waals surface area contributed by atoms with E-state index in [4.69, 9.17) is 16.3 Å². The Bertz CT molecular complexity index is 355. The molecule has 0 aromatic heterocycles. The molecule has 0 heterocycles. The van der Waals surface area contributed by atoms with Crippen molar-refractivity contribution in [1.82, 2.24) is 0 Å². The molecule has 1 aromatic carbocycles. The second-order valence-electron chi connectivity index (χ2n) is 4.39. The molecule has 0 aliphatic rings. The van der Waals surface area contributed by atoms with Gasteiger partial charge >= 0.3 is 0 Å². The highest BCUT2D eigenvalue weighted by atomic mass is 35.5. The number of ether oxygens (including phenoxy) is 1. The van der Waals surface area contributed by atoms with Crippen molar-refractivity contribution >= 4 is 17.4 Å². The van der Waals surface area contributed by atoms with E-state index >= 15 is 0 Å². The number of Topliss-reactive ketones (excluding diaryl/α,β-unsaturated/α-hetero) is 1. The number of ketones is 1. The van der Waals surface area contributed by atoms with Crippen LogP contribution in [0.25, 0.3) is 0 Å². The van der Waals surface area contributed by atoms with Gasteiger partial charge in [0.15, 0.2) is 5.78 Å². The van der Waals surface area contributed by atoms with Crippen LogP contribution in [0, 0.1) is 0 Å². The highest BCUT2D eigenvalue weighted by molar-refractivity contribution is 6.30.